The van der Waals surface area contributed by atoms with Crippen molar-refractivity contribution in [3.8, 4) is 0 Å². The number of H-pyrrole nitrogens is 1. The molecule has 5 heteroatoms. The van der Waals surface area contributed by atoms with E-state index in [1.807, 2.05) is 38.1 Å². The molecule has 2 heterocycles. The number of ether oxygens (including phenoxy) is 1. The summed E-state index contributed by atoms with van der Waals surface area (Å²) >= 11 is 0. The van der Waals surface area contributed by atoms with Gasteiger partial charge >= 0.3 is 0 Å². The molecule has 2 N–H and O–H groups in total. The number of hydrogen-bond acceptors (Lipinski definition) is 3. The second-order valence-electron chi connectivity index (χ2n) is 5.78. The molecule has 122 valence electrons. The maximum absolute atomic E-state index is 12.6. The number of carbonyl (C=O) groups excluding carboxylic acids is 1. The number of para-hydroxylation sites is 2. The lowest BCUT2D eigenvalue weighted by atomic mass is 10.0. The first-order chi connectivity index (χ1) is 11.2. The molecule has 1 aromatic heterocycles. The van der Waals surface area contributed by atoms with Gasteiger partial charge in [-0.25, -0.2) is 4.98 Å². The van der Waals surface area contributed by atoms with Crippen LogP contribution >= 0.6 is 0 Å². The molecule has 5 nitrogen and oxygen atoms in total. The van der Waals surface area contributed by atoms with Crippen LogP contribution in [0.4, 0.5) is 0 Å². The minimum Gasteiger partial charge on any atom is -0.497 e. The molecule has 0 unspecified atom stereocenters. The Labute approximate surface area is 136 Å². The van der Waals surface area contributed by atoms with Gasteiger partial charge in [-0.05, 0) is 31.4 Å². The topological polar surface area (TPSA) is 67.0 Å². The third-order valence-electron chi connectivity index (χ3n) is 4.23. The number of nitrogens with zero attached hydrogens (tertiary/aromatic N) is 1. The number of hydrogen-bond donors (Lipinski definition) is 2. The Hall–Kier alpha value is -2.30. The van der Waals surface area contributed by atoms with Crippen LogP contribution in [0.1, 0.15) is 51.4 Å². The van der Waals surface area contributed by atoms with Crippen molar-refractivity contribution in [2.75, 3.05) is 6.61 Å². The summed E-state index contributed by atoms with van der Waals surface area (Å²) in [4.78, 5) is 20.5. The molecule has 1 aromatic carbocycles. The lowest BCUT2D eigenvalue weighted by Crippen LogP contribution is -2.32. The molecule has 0 saturated carbocycles. The van der Waals surface area contributed by atoms with Crippen LogP contribution < -0.4 is 5.32 Å². The summed E-state index contributed by atoms with van der Waals surface area (Å²) in [5.41, 5.74) is 2.70. The quantitative estimate of drug-likeness (QED) is 0.886. The van der Waals surface area contributed by atoms with Crippen molar-refractivity contribution in [2.24, 2.45) is 0 Å². The molecule has 1 aliphatic rings. The number of rotatable bonds is 5. The van der Waals surface area contributed by atoms with Crippen molar-refractivity contribution in [1.29, 1.82) is 0 Å². The summed E-state index contributed by atoms with van der Waals surface area (Å²) in [6.07, 6.45) is 3.21. The molecular formula is C18H23N3O2. The number of nitrogens with one attached hydrogen (secondary N) is 2. The van der Waals surface area contributed by atoms with Crippen LogP contribution in [0.5, 0.6) is 0 Å². The SMILES string of the molecule is CCC1=C(C(=O)N[C@@H](CC)c2nc3ccccc3[nH]2)CCCO1. The molecule has 0 radical (unpaired) electrons. The highest BCUT2D eigenvalue weighted by Crippen LogP contribution is 2.24. The number of allylic oxidation sites excluding steroid dienone is 1. The predicted molar refractivity (Wildman–Crippen MR) is 89.8 cm³/mol. The standard InChI is InChI=1S/C18H23N3O2/c1-3-13(17-19-14-9-5-6-10-15(14)20-17)21-18(22)12-8-7-11-23-16(12)4-2/h5-6,9-10,13H,3-4,7-8,11H2,1-2H3,(H,19,20)(H,21,22)/t13-/m0/s1. The monoisotopic (exact) mass is 313 g/mol. The Bertz CT molecular complexity index is 700. The zero-order valence-electron chi connectivity index (χ0n) is 13.7. The van der Waals surface area contributed by atoms with E-state index in [2.05, 4.69) is 15.3 Å². The first kappa shape index (κ1) is 15.6. The molecule has 2 aromatic rings. The summed E-state index contributed by atoms with van der Waals surface area (Å²) in [5, 5.41) is 3.11. The van der Waals surface area contributed by atoms with Crippen LogP contribution in [-0.4, -0.2) is 22.5 Å². The van der Waals surface area contributed by atoms with Gasteiger partial charge in [-0.2, -0.15) is 0 Å². The van der Waals surface area contributed by atoms with Gasteiger partial charge in [0.15, 0.2) is 0 Å². The van der Waals surface area contributed by atoms with E-state index in [1.54, 1.807) is 0 Å². The average Bonchev–Trinajstić information content (AvgIpc) is 3.03. The van der Waals surface area contributed by atoms with Crippen molar-refractivity contribution in [3.63, 3.8) is 0 Å². The Morgan fingerprint density at radius 1 is 1.39 bits per heavy atom. The molecule has 1 aliphatic heterocycles. The molecule has 3 rings (SSSR count). The molecule has 23 heavy (non-hydrogen) atoms. The van der Waals surface area contributed by atoms with E-state index >= 15 is 0 Å². The number of amides is 1. The Balaban J connectivity index is 1.81. The average molecular weight is 313 g/mol. The van der Waals surface area contributed by atoms with Gasteiger partial charge in [0.1, 0.15) is 11.6 Å². The van der Waals surface area contributed by atoms with E-state index in [9.17, 15) is 4.79 Å². The second-order valence-corrected chi connectivity index (χ2v) is 5.78. The lowest BCUT2D eigenvalue weighted by Gasteiger charge is -2.22. The van der Waals surface area contributed by atoms with E-state index < -0.39 is 0 Å². The number of carbonyl (C=O) groups is 1. The van der Waals surface area contributed by atoms with Crippen molar-refractivity contribution in [3.05, 3.63) is 41.4 Å². The first-order valence-electron chi connectivity index (χ1n) is 8.33. The third-order valence-corrected chi connectivity index (χ3v) is 4.23. The summed E-state index contributed by atoms with van der Waals surface area (Å²) in [7, 11) is 0. The van der Waals surface area contributed by atoms with Crippen LogP contribution in [0.25, 0.3) is 11.0 Å². The molecular weight excluding hydrogens is 290 g/mol. The Morgan fingerprint density at radius 3 is 2.96 bits per heavy atom. The molecule has 0 bridgehead atoms. The zero-order valence-corrected chi connectivity index (χ0v) is 13.7. The van der Waals surface area contributed by atoms with E-state index in [-0.39, 0.29) is 11.9 Å². The van der Waals surface area contributed by atoms with Crippen LogP contribution in [-0.2, 0) is 9.53 Å². The number of fused-ring (bicyclic) bond motifs is 1. The van der Waals surface area contributed by atoms with Gasteiger partial charge in [0.25, 0.3) is 5.91 Å². The smallest absolute Gasteiger partial charge is 0.251 e. The third kappa shape index (κ3) is 3.23. The van der Waals surface area contributed by atoms with Gasteiger partial charge in [-0.15, -0.1) is 0 Å². The molecule has 1 atom stereocenters. The van der Waals surface area contributed by atoms with E-state index in [4.69, 9.17) is 4.74 Å². The highest BCUT2D eigenvalue weighted by Gasteiger charge is 2.23. The summed E-state index contributed by atoms with van der Waals surface area (Å²) in [6.45, 7) is 4.77. The van der Waals surface area contributed by atoms with E-state index in [0.717, 1.165) is 53.9 Å². The minimum absolute atomic E-state index is 0.0335. The molecule has 1 amide bonds. The van der Waals surface area contributed by atoms with Crippen LogP contribution in [0.15, 0.2) is 35.6 Å². The molecule has 0 spiro atoms. The van der Waals surface area contributed by atoms with Gasteiger partial charge in [-0.3, -0.25) is 4.79 Å². The Kier molecular flexibility index (Phi) is 4.65. The highest BCUT2D eigenvalue weighted by molar-refractivity contribution is 5.94. The maximum Gasteiger partial charge on any atom is 0.251 e. The maximum atomic E-state index is 12.6. The molecule has 0 saturated heterocycles. The summed E-state index contributed by atoms with van der Waals surface area (Å²) in [6, 6.07) is 7.78. The summed E-state index contributed by atoms with van der Waals surface area (Å²) in [5.74, 6) is 1.60. The van der Waals surface area contributed by atoms with Crippen molar-refractivity contribution in [1.82, 2.24) is 15.3 Å². The molecule has 0 fully saturated rings. The van der Waals surface area contributed by atoms with Crippen LogP contribution in [0, 0.1) is 0 Å². The highest BCUT2D eigenvalue weighted by atomic mass is 16.5. The number of aromatic nitrogens is 2. The zero-order chi connectivity index (χ0) is 16.2. The van der Waals surface area contributed by atoms with Gasteiger partial charge < -0.3 is 15.0 Å². The number of benzene rings is 1. The van der Waals surface area contributed by atoms with Gasteiger partial charge in [0.05, 0.1) is 29.3 Å². The van der Waals surface area contributed by atoms with Gasteiger partial charge in [0.2, 0.25) is 0 Å². The lowest BCUT2D eigenvalue weighted by molar-refractivity contribution is -0.119. The molecule has 0 aliphatic carbocycles. The van der Waals surface area contributed by atoms with E-state index in [1.165, 1.54) is 0 Å². The Morgan fingerprint density at radius 2 is 2.22 bits per heavy atom. The predicted octanol–water partition coefficient (Wildman–Crippen LogP) is 3.60. The normalized spacial score (nSPS) is 16.3. The summed E-state index contributed by atoms with van der Waals surface area (Å²) < 4.78 is 5.63. The largest absolute Gasteiger partial charge is 0.497 e. The van der Waals surface area contributed by atoms with Crippen molar-refractivity contribution < 1.29 is 9.53 Å². The van der Waals surface area contributed by atoms with Crippen molar-refractivity contribution >= 4 is 16.9 Å². The number of imidazole rings is 1. The first-order valence-corrected chi connectivity index (χ1v) is 8.33. The fourth-order valence-electron chi connectivity index (χ4n) is 2.97. The van der Waals surface area contributed by atoms with Gasteiger partial charge in [0, 0.05) is 6.42 Å². The fraction of sp³-hybridized carbons (Fsp3) is 0.444. The minimum atomic E-state index is -0.123. The van der Waals surface area contributed by atoms with Crippen LogP contribution in [0.3, 0.4) is 0 Å². The van der Waals surface area contributed by atoms with Crippen molar-refractivity contribution in [2.45, 2.75) is 45.6 Å². The van der Waals surface area contributed by atoms with E-state index in [0.29, 0.717) is 6.61 Å². The fourth-order valence-corrected chi connectivity index (χ4v) is 2.97. The van der Waals surface area contributed by atoms with Crippen LogP contribution in [0.2, 0.25) is 0 Å². The second kappa shape index (κ2) is 6.86. The van der Waals surface area contributed by atoms with Gasteiger partial charge in [-0.1, -0.05) is 26.0 Å². The number of aromatic amines is 1.